The molecule has 0 unspecified atom stereocenters. The van der Waals surface area contributed by atoms with E-state index in [9.17, 15) is 4.79 Å². The zero-order valence-corrected chi connectivity index (χ0v) is 12.8. The number of aromatic nitrogens is 2. The third kappa shape index (κ3) is 3.29. The van der Waals surface area contributed by atoms with Crippen LogP contribution in [-0.4, -0.2) is 27.6 Å². The number of carbonyl (C=O) groups is 1. The fourth-order valence-electron chi connectivity index (χ4n) is 1.82. The van der Waals surface area contributed by atoms with Crippen molar-refractivity contribution in [3.05, 3.63) is 30.1 Å². The molecule has 0 atom stereocenters. The summed E-state index contributed by atoms with van der Waals surface area (Å²) in [4.78, 5) is 19.4. The van der Waals surface area contributed by atoms with Crippen molar-refractivity contribution in [3.63, 3.8) is 0 Å². The number of nitrogens with one attached hydrogen (secondary N) is 1. The summed E-state index contributed by atoms with van der Waals surface area (Å²) < 4.78 is 0. The number of fused-ring (bicyclic) bond motifs is 1. The summed E-state index contributed by atoms with van der Waals surface area (Å²) in [6.07, 6.45) is 0. The van der Waals surface area contributed by atoms with Gasteiger partial charge in [0.25, 0.3) is 0 Å². The molecule has 1 aromatic heterocycles. The largest absolute Gasteiger partial charge is 0.475 e. The minimum Gasteiger partial charge on any atom is -0.475 e. The van der Waals surface area contributed by atoms with Crippen LogP contribution >= 0.6 is 0 Å². The van der Waals surface area contributed by atoms with E-state index in [1.54, 1.807) is 6.07 Å². The molecule has 0 bridgehead atoms. The average Bonchev–Trinajstić information content (AvgIpc) is 2.44. The maximum Gasteiger partial charge on any atom is 0.374 e. The highest BCUT2D eigenvalue weighted by Gasteiger charge is 2.23. The van der Waals surface area contributed by atoms with Gasteiger partial charge in [-0.2, -0.15) is 0 Å². The molecule has 5 heteroatoms. The van der Waals surface area contributed by atoms with E-state index in [1.165, 1.54) is 0 Å². The van der Waals surface area contributed by atoms with Crippen molar-refractivity contribution in [2.45, 2.75) is 27.7 Å². The van der Waals surface area contributed by atoms with Crippen LogP contribution in [0, 0.1) is 11.3 Å². The number of carboxylic acid groups (broad SMARTS) is 1. The molecular formula is C16H21N3O2. The molecular weight excluding hydrogens is 266 g/mol. The summed E-state index contributed by atoms with van der Waals surface area (Å²) in [7, 11) is 0. The molecule has 1 aromatic carbocycles. The lowest BCUT2D eigenvalue weighted by atomic mass is 9.81. The molecule has 0 amide bonds. The van der Waals surface area contributed by atoms with E-state index in [0.29, 0.717) is 23.8 Å². The van der Waals surface area contributed by atoms with Gasteiger partial charge in [0.1, 0.15) is 5.82 Å². The average molecular weight is 287 g/mol. The van der Waals surface area contributed by atoms with Gasteiger partial charge in [-0.3, -0.25) is 0 Å². The monoisotopic (exact) mass is 287 g/mol. The molecule has 0 saturated heterocycles. The van der Waals surface area contributed by atoms with Gasteiger partial charge in [0.2, 0.25) is 5.82 Å². The van der Waals surface area contributed by atoms with Crippen molar-refractivity contribution in [3.8, 4) is 0 Å². The predicted octanol–water partition coefficient (Wildman–Crippen LogP) is 3.42. The van der Waals surface area contributed by atoms with Crippen LogP contribution in [0.1, 0.15) is 38.3 Å². The summed E-state index contributed by atoms with van der Waals surface area (Å²) in [6.45, 7) is 9.40. The van der Waals surface area contributed by atoms with Gasteiger partial charge in [0.15, 0.2) is 0 Å². The van der Waals surface area contributed by atoms with Crippen LogP contribution in [0.15, 0.2) is 24.3 Å². The van der Waals surface area contributed by atoms with Gasteiger partial charge >= 0.3 is 5.97 Å². The summed E-state index contributed by atoms with van der Waals surface area (Å²) in [6, 6.07) is 7.42. The Morgan fingerprint density at radius 2 is 1.95 bits per heavy atom. The van der Waals surface area contributed by atoms with Gasteiger partial charge in [-0.15, -0.1) is 0 Å². The lowest BCUT2D eigenvalue weighted by Crippen LogP contribution is -2.29. The highest BCUT2D eigenvalue weighted by molar-refractivity contribution is 5.93. The van der Waals surface area contributed by atoms with Gasteiger partial charge in [0, 0.05) is 11.9 Å². The van der Waals surface area contributed by atoms with Crippen molar-refractivity contribution in [2.24, 2.45) is 11.3 Å². The highest BCUT2D eigenvalue weighted by atomic mass is 16.4. The Kier molecular flexibility index (Phi) is 4.11. The highest BCUT2D eigenvalue weighted by Crippen LogP contribution is 2.27. The molecule has 112 valence electrons. The third-order valence-corrected chi connectivity index (χ3v) is 4.07. The lowest BCUT2D eigenvalue weighted by Gasteiger charge is -2.29. The van der Waals surface area contributed by atoms with E-state index in [2.05, 4.69) is 43.0 Å². The smallest absolute Gasteiger partial charge is 0.374 e. The number of anilines is 1. The Hall–Kier alpha value is -2.17. The van der Waals surface area contributed by atoms with E-state index in [1.807, 2.05) is 18.2 Å². The first-order valence-corrected chi connectivity index (χ1v) is 7.05. The second kappa shape index (κ2) is 5.68. The third-order valence-electron chi connectivity index (χ3n) is 4.07. The normalized spacial score (nSPS) is 11.9. The molecule has 0 fully saturated rings. The van der Waals surface area contributed by atoms with E-state index < -0.39 is 5.97 Å². The first kappa shape index (κ1) is 15.2. The number of para-hydroxylation sites is 1. The van der Waals surface area contributed by atoms with Crippen LogP contribution in [0.4, 0.5) is 5.82 Å². The molecule has 2 aromatic rings. The SMILES string of the molecule is CC(C)C(C)(C)CNc1nc(C(=O)O)nc2ccccc12. The van der Waals surface area contributed by atoms with Gasteiger partial charge in [-0.05, 0) is 23.5 Å². The number of carboxylic acids is 1. The van der Waals surface area contributed by atoms with E-state index >= 15 is 0 Å². The predicted molar refractivity (Wildman–Crippen MR) is 83.6 cm³/mol. The van der Waals surface area contributed by atoms with Gasteiger partial charge in [-0.1, -0.05) is 39.8 Å². The van der Waals surface area contributed by atoms with Crippen molar-refractivity contribution in [1.82, 2.24) is 9.97 Å². The maximum atomic E-state index is 11.2. The summed E-state index contributed by atoms with van der Waals surface area (Å²) in [5.41, 5.74) is 0.713. The zero-order valence-electron chi connectivity index (χ0n) is 12.8. The molecule has 5 nitrogen and oxygen atoms in total. The fraction of sp³-hybridized carbons (Fsp3) is 0.438. The number of nitrogens with zero attached hydrogens (tertiary/aromatic N) is 2. The number of rotatable bonds is 5. The summed E-state index contributed by atoms with van der Waals surface area (Å²) >= 11 is 0. The second-order valence-corrected chi connectivity index (χ2v) is 6.21. The molecule has 0 aliphatic carbocycles. The minimum atomic E-state index is -1.12. The lowest BCUT2D eigenvalue weighted by molar-refractivity contribution is 0.0684. The fourth-order valence-corrected chi connectivity index (χ4v) is 1.82. The molecule has 0 aliphatic rings. The molecule has 2 N–H and O–H groups in total. The quantitative estimate of drug-likeness (QED) is 0.881. The van der Waals surface area contributed by atoms with E-state index in [0.717, 1.165) is 5.39 Å². The van der Waals surface area contributed by atoms with Crippen molar-refractivity contribution in [1.29, 1.82) is 0 Å². The Morgan fingerprint density at radius 3 is 2.57 bits per heavy atom. The Balaban J connectivity index is 2.40. The number of hydrogen-bond donors (Lipinski definition) is 2. The molecule has 21 heavy (non-hydrogen) atoms. The zero-order chi connectivity index (χ0) is 15.6. The van der Waals surface area contributed by atoms with Crippen molar-refractivity contribution >= 4 is 22.7 Å². The molecule has 0 aliphatic heterocycles. The Morgan fingerprint density at radius 1 is 1.29 bits per heavy atom. The molecule has 0 spiro atoms. The van der Waals surface area contributed by atoms with Crippen molar-refractivity contribution < 1.29 is 9.90 Å². The van der Waals surface area contributed by atoms with Gasteiger partial charge < -0.3 is 10.4 Å². The summed E-state index contributed by atoms with van der Waals surface area (Å²) in [5.74, 6) is -0.228. The van der Waals surface area contributed by atoms with E-state index in [-0.39, 0.29) is 11.2 Å². The van der Waals surface area contributed by atoms with Crippen LogP contribution in [0.25, 0.3) is 10.9 Å². The van der Waals surface area contributed by atoms with Gasteiger partial charge in [-0.25, -0.2) is 14.8 Å². The summed E-state index contributed by atoms with van der Waals surface area (Å²) in [5, 5.41) is 13.3. The standard InChI is InChI=1S/C16H21N3O2/c1-10(2)16(3,4)9-17-13-11-7-5-6-8-12(11)18-14(19-13)15(20)21/h5-8,10H,9H2,1-4H3,(H,20,21)(H,17,18,19). The Bertz CT molecular complexity index is 666. The number of hydrogen-bond acceptors (Lipinski definition) is 4. The van der Waals surface area contributed by atoms with Gasteiger partial charge in [0.05, 0.1) is 5.52 Å². The maximum absolute atomic E-state index is 11.2. The topological polar surface area (TPSA) is 75.1 Å². The first-order chi connectivity index (χ1) is 9.81. The van der Waals surface area contributed by atoms with Crippen LogP contribution < -0.4 is 5.32 Å². The van der Waals surface area contributed by atoms with Crippen molar-refractivity contribution in [2.75, 3.05) is 11.9 Å². The second-order valence-electron chi connectivity index (χ2n) is 6.21. The number of aromatic carboxylic acids is 1. The molecule has 2 rings (SSSR count). The van der Waals surface area contributed by atoms with Crippen LogP contribution in [0.2, 0.25) is 0 Å². The molecule has 0 saturated carbocycles. The van der Waals surface area contributed by atoms with Crippen LogP contribution in [-0.2, 0) is 0 Å². The van der Waals surface area contributed by atoms with E-state index in [4.69, 9.17) is 5.11 Å². The van der Waals surface area contributed by atoms with Crippen LogP contribution in [0.3, 0.4) is 0 Å². The number of benzene rings is 1. The Labute approximate surface area is 124 Å². The minimum absolute atomic E-state index is 0.0788. The first-order valence-electron chi connectivity index (χ1n) is 7.05. The van der Waals surface area contributed by atoms with Crippen LogP contribution in [0.5, 0.6) is 0 Å². The molecule has 0 radical (unpaired) electrons. The molecule has 1 heterocycles.